The zero-order valence-corrected chi connectivity index (χ0v) is 19.5. The largest absolute Gasteiger partial charge is 0.294 e. The van der Waals surface area contributed by atoms with Gasteiger partial charge in [-0.05, 0) is 41.3 Å². The number of rotatable bonds is 4. The predicted octanol–water partition coefficient (Wildman–Crippen LogP) is 6.82. The molecule has 0 unspecified atom stereocenters. The maximum atomic E-state index is 9.01. The van der Waals surface area contributed by atoms with Gasteiger partial charge < -0.3 is 0 Å². The van der Waals surface area contributed by atoms with Crippen LogP contribution in [0.2, 0.25) is 0 Å². The number of benzene rings is 2. The molecule has 0 radical (unpaired) electrons. The van der Waals surface area contributed by atoms with Crippen molar-refractivity contribution in [3.8, 4) is 17.1 Å². The normalized spacial score (nSPS) is 14.0. The Morgan fingerprint density at radius 3 is 2.00 bits per heavy atom. The van der Waals surface area contributed by atoms with E-state index in [9.17, 15) is 0 Å². The Kier molecular flexibility index (Phi) is 5.03. The Hall–Kier alpha value is -2.35. The Morgan fingerprint density at radius 2 is 1.52 bits per heavy atom. The van der Waals surface area contributed by atoms with E-state index in [0.29, 0.717) is 0 Å². The minimum Gasteiger partial charge on any atom is -0.232 e. The maximum absolute atomic E-state index is 9.01. The lowest BCUT2D eigenvalue weighted by molar-refractivity contribution is -0.659. The minimum absolute atomic E-state index is 0.0707. The van der Waals surface area contributed by atoms with Crippen LogP contribution in [0, 0.1) is 6.92 Å². The van der Waals surface area contributed by atoms with Crippen molar-refractivity contribution in [2.75, 3.05) is 0 Å². The lowest BCUT2D eigenvalue weighted by Crippen LogP contribution is -2.29. The molecule has 0 aliphatic carbocycles. The molecule has 2 nitrogen and oxygen atoms in total. The van der Waals surface area contributed by atoms with Gasteiger partial charge in [-0.25, -0.2) is 4.57 Å². The third kappa shape index (κ3) is 4.03. The summed E-state index contributed by atoms with van der Waals surface area (Å²) in [5.41, 5.74) is 6.28. The molecule has 3 aromatic rings. The summed E-state index contributed by atoms with van der Waals surface area (Å²) < 4.78 is 22.3. The van der Waals surface area contributed by atoms with Crippen LogP contribution in [0.5, 0.6) is 0 Å². The van der Waals surface area contributed by atoms with Crippen molar-refractivity contribution in [3.05, 3.63) is 71.0 Å². The summed E-state index contributed by atoms with van der Waals surface area (Å²) in [4.78, 5) is 0. The third-order valence-electron chi connectivity index (χ3n) is 5.68. The number of hydrogen-bond acceptors (Lipinski definition) is 0. The SMILES string of the molecule is [2H]C(C)(C)c1cc(C(C)(C)C)cc(C([2H])(C)C)c1-n1cc[n+](C)c1-c1ccccc1C. The molecule has 154 valence electrons. The first kappa shape index (κ1) is 18.7. The van der Waals surface area contributed by atoms with Crippen molar-refractivity contribution in [1.29, 1.82) is 0 Å². The third-order valence-corrected chi connectivity index (χ3v) is 5.68. The molecule has 1 aromatic heterocycles. The predicted molar refractivity (Wildman–Crippen MR) is 124 cm³/mol. The summed E-state index contributed by atoms with van der Waals surface area (Å²) in [5.74, 6) is -0.581. The highest BCUT2D eigenvalue weighted by molar-refractivity contribution is 5.64. The molecule has 0 saturated carbocycles. The smallest absolute Gasteiger partial charge is 0.232 e. The van der Waals surface area contributed by atoms with Crippen molar-refractivity contribution in [2.24, 2.45) is 7.05 Å². The van der Waals surface area contributed by atoms with E-state index in [-0.39, 0.29) is 5.41 Å². The molecule has 3 rings (SSSR count). The standard InChI is InChI=1S/C27H37N2/c1-18(2)23-16-21(27(6,7)8)17-24(19(3)4)25(23)29-15-14-28(9)26(29)22-13-11-10-12-20(22)5/h10-19H,1-9H3/q+1/i18D,19D. The second-order valence-electron chi connectivity index (χ2n) is 9.59. The van der Waals surface area contributed by atoms with E-state index in [1.54, 1.807) is 0 Å². The highest BCUT2D eigenvalue weighted by atomic mass is 15.1. The Labute approximate surface area is 180 Å². The van der Waals surface area contributed by atoms with Crippen molar-refractivity contribution < 1.29 is 7.31 Å². The van der Waals surface area contributed by atoms with Crippen molar-refractivity contribution >= 4 is 0 Å². The topological polar surface area (TPSA) is 8.81 Å². The molecule has 0 N–H and O–H groups in total. The molecule has 0 atom stereocenters. The number of aromatic nitrogens is 2. The number of aryl methyl sites for hydroxylation is 2. The van der Waals surface area contributed by atoms with Gasteiger partial charge in [-0.1, -0.05) is 78.8 Å². The fourth-order valence-corrected chi connectivity index (χ4v) is 3.89. The van der Waals surface area contributed by atoms with Crippen LogP contribution in [0.4, 0.5) is 0 Å². The number of nitrogens with zero attached hydrogens (tertiary/aromatic N) is 2. The van der Waals surface area contributed by atoms with E-state index < -0.39 is 11.8 Å². The summed E-state index contributed by atoms with van der Waals surface area (Å²) in [6, 6.07) is 12.7. The van der Waals surface area contributed by atoms with Crippen LogP contribution >= 0.6 is 0 Å². The Bertz CT molecular complexity index is 1070. The van der Waals surface area contributed by atoms with Crippen LogP contribution in [-0.2, 0) is 12.5 Å². The summed E-state index contributed by atoms with van der Waals surface area (Å²) >= 11 is 0. The van der Waals surface area contributed by atoms with E-state index in [2.05, 4.69) is 92.7 Å². The van der Waals surface area contributed by atoms with Crippen LogP contribution in [0.15, 0.2) is 48.8 Å². The van der Waals surface area contributed by atoms with Gasteiger partial charge >= 0.3 is 0 Å². The molecule has 0 spiro atoms. The zero-order chi connectivity index (χ0) is 23.4. The average Bonchev–Trinajstić information content (AvgIpc) is 3.00. The Morgan fingerprint density at radius 1 is 0.966 bits per heavy atom. The van der Waals surface area contributed by atoms with Crippen LogP contribution in [0.3, 0.4) is 0 Å². The Balaban J connectivity index is 2.49. The lowest BCUT2D eigenvalue weighted by atomic mass is 9.81. The summed E-state index contributed by atoms with van der Waals surface area (Å²) in [6.45, 7) is 16.5. The molecule has 0 aliphatic rings. The van der Waals surface area contributed by atoms with Gasteiger partial charge in [-0.2, -0.15) is 4.57 Å². The average molecular weight is 392 g/mol. The van der Waals surface area contributed by atoms with Crippen molar-refractivity contribution in [1.82, 2.24) is 4.57 Å². The van der Waals surface area contributed by atoms with Gasteiger partial charge in [0, 0.05) is 13.9 Å². The molecule has 0 fully saturated rings. The fourth-order valence-electron chi connectivity index (χ4n) is 3.89. The lowest BCUT2D eigenvalue weighted by Gasteiger charge is -2.25. The van der Waals surface area contributed by atoms with Gasteiger partial charge in [0.05, 0.1) is 12.6 Å². The quantitative estimate of drug-likeness (QED) is 0.431. The van der Waals surface area contributed by atoms with Crippen molar-refractivity contribution in [3.63, 3.8) is 0 Å². The monoisotopic (exact) mass is 391 g/mol. The molecule has 0 aliphatic heterocycles. The van der Waals surface area contributed by atoms with Gasteiger partial charge in [0.25, 0.3) is 5.82 Å². The van der Waals surface area contributed by atoms with Gasteiger partial charge in [0.15, 0.2) is 0 Å². The highest BCUT2D eigenvalue weighted by Crippen LogP contribution is 2.38. The molecule has 1 heterocycles. The van der Waals surface area contributed by atoms with E-state index in [4.69, 9.17) is 2.74 Å². The minimum atomic E-state index is -0.817. The molecule has 0 bridgehead atoms. The molecular formula is C27H37N2+. The first-order chi connectivity index (χ1) is 14.1. The summed E-state index contributed by atoms with van der Waals surface area (Å²) in [5, 5.41) is 0. The zero-order valence-electron chi connectivity index (χ0n) is 21.5. The van der Waals surface area contributed by atoms with Gasteiger partial charge in [-0.3, -0.25) is 0 Å². The number of imidazole rings is 1. The van der Waals surface area contributed by atoms with E-state index >= 15 is 0 Å². The molecule has 0 saturated heterocycles. The van der Waals surface area contributed by atoms with Gasteiger partial charge in [-0.15, -0.1) is 0 Å². The second-order valence-corrected chi connectivity index (χ2v) is 9.59. The number of hydrogen-bond donors (Lipinski definition) is 0. The first-order valence-electron chi connectivity index (χ1n) is 11.4. The van der Waals surface area contributed by atoms with E-state index in [0.717, 1.165) is 33.8 Å². The van der Waals surface area contributed by atoms with E-state index in [1.807, 2.05) is 27.7 Å². The second kappa shape index (κ2) is 7.82. The maximum Gasteiger partial charge on any atom is 0.294 e. The van der Waals surface area contributed by atoms with Crippen LogP contribution in [-0.4, -0.2) is 4.57 Å². The molecule has 2 heteroatoms. The molecule has 2 aromatic carbocycles. The van der Waals surface area contributed by atoms with Gasteiger partial charge in [0.1, 0.15) is 18.1 Å². The summed E-state index contributed by atoms with van der Waals surface area (Å²) in [7, 11) is 2.05. The van der Waals surface area contributed by atoms with Crippen LogP contribution in [0.1, 0.15) is 85.2 Å². The van der Waals surface area contributed by atoms with Gasteiger partial charge in [0.2, 0.25) is 0 Å². The fraction of sp³-hybridized carbons (Fsp3) is 0.444. The van der Waals surface area contributed by atoms with Crippen molar-refractivity contribution in [2.45, 2.75) is 72.6 Å². The first-order valence-corrected chi connectivity index (χ1v) is 10.4. The molecule has 0 amide bonds. The van der Waals surface area contributed by atoms with Crippen LogP contribution < -0.4 is 4.57 Å². The highest BCUT2D eigenvalue weighted by Gasteiger charge is 2.28. The molecular weight excluding hydrogens is 352 g/mol. The summed E-state index contributed by atoms with van der Waals surface area (Å²) in [6.07, 6.45) is 4.12. The van der Waals surface area contributed by atoms with E-state index in [1.165, 1.54) is 5.56 Å². The van der Waals surface area contributed by atoms with Crippen LogP contribution in [0.25, 0.3) is 17.1 Å². The molecule has 29 heavy (non-hydrogen) atoms.